The largest absolute Gasteiger partial charge is 0.493 e. The third-order valence-electron chi connectivity index (χ3n) is 7.20. The van der Waals surface area contributed by atoms with E-state index in [-0.39, 0.29) is 24.1 Å². The van der Waals surface area contributed by atoms with Crippen LogP contribution in [0.1, 0.15) is 77.7 Å². The fourth-order valence-corrected chi connectivity index (χ4v) is 5.09. The first kappa shape index (κ1) is 27.2. The fourth-order valence-electron chi connectivity index (χ4n) is 5.09. The van der Waals surface area contributed by atoms with E-state index in [2.05, 4.69) is 10.6 Å². The summed E-state index contributed by atoms with van der Waals surface area (Å²) in [5.41, 5.74) is 1.38. The van der Waals surface area contributed by atoms with E-state index in [0.717, 1.165) is 30.8 Å². The first-order valence-electron chi connectivity index (χ1n) is 13.2. The molecule has 3 rings (SSSR count). The van der Waals surface area contributed by atoms with Gasteiger partial charge in [-0.25, -0.2) is 4.79 Å². The van der Waals surface area contributed by atoms with Crippen molar-refractivity contribution in [3.05, 3.63) is 41.5 Å². The predicted octanol–water partition coefficient (Wildman–Crippen LogP) is 4.60. The van der Waals surface area contributed by atoms with Crippen molar-refractivity contribution in [2.24, 2.45) is 5.92 Å². The van der Waals surface area contributed by atoms with Crippen LogP contribution in [0.4, 0.5) is 0 Å². The van der Waals surface area contributed by atoms with Gasteiger partial charge in [0.05, 0.1) is 24.9 Å². The number of nitrogens with one attached hydrogen (secondary N) is 2. The summed E-state index contributed by atoms with van der Waals surface area (Å²) < 4.78 is 12.3. The first-order chi connectivity index (χ1) is 16.9. The number of hydrogen-bond acceptors (Lipinski definition) is 5. The number of aliphatic carboxylic acids is 1. The topological polar surface area (TPSA) is 96.9 Å². The predicted molar refractivity (Wildman–Crippen MR) is 136 cm³/mol. The van der Waals surface area contributed by atoms with Gasteiger partial charge < -0.3 is 25.2 Å². The number of carboxylic acids is 1. The summed E-state index contributed by atoms with van der Waals surface area (Å²) in [6.07, 6.45) is 9.59. The van der Waals surface area contributed by atoms with Crippen LogP contribution in [0, 0.1) is 5.92 Å². The van der Waals surface area contributed by atoms with E-state index in [0.29, 0.717) is 24.5 Å². The lowest BCUT2D eigenvalue weighted by atomic mass is 9.87. The van der Waals surface area contributed by atoms with Crippen molar-refractivity contribution in [3.63, 3.8) is 0 Å². The lowest BCUT2D eigenvalue weighted by Gasteiger charge is -2.38. The first-order valence-corrected chi connectivity index (χ1v) is 13.2. The molecule has 0 radical (unpaired) electrons. The number of rotatable bonds is 12. The van der Waals surface area contributed by atoms with Gasteiger partial charge in [0.25, 0.3) is 0 Å². The van der Waals surface area contributed by atoms with Gasteiger partial charge in [0, 0.05) is 25.1 Å². The summed E-state index contributed by atoms with van der Waals surface area (Å²) in [6, 6.07) is 7.43. The number of carbonyl (C=O) groups excluding carboxylic acids is 1. The molecule has 0 spiro atoms. The van der Waals surface area contributed by atoms with Crippen molar-refractivity contribution in [1.29, 1.82) is 0 Å². The molecule has 0 saturated heterocycles. The molecule has 0 aromatic heterocycles. The number of amides is 1. The number of ether oxygens (including phenoxy) is 2. The number of benzene rings is 1. The SMILES string of the molecule is CCC(CC)O[C@@H]1C=C(C(=O)O)C[C@H](NCc2ccc(OCC3CCCCC3)cc2)[C@H]1NC(C)=O. The number of hydrogen-bond donors (Lipinski definition) is 3. The molecule has 194 valence electrons. The summed E-state index contributed by atoms with van der Waals surface area (Å²) in [5, 5.41) is 16.2. The van der Waals surface area contributed by atoms with Crippen LogP contribution in [0.25, 0.3) is 0 Å². The van der Waals surface area contributed by atoms with Crippen molar-refractivity contribution in [1.82, 2.24) is 10.6 Å². The number of carbonyl (C=O) groups is 2. The van der Waals surface area contributed by atoms with Crippen molar-refractivity contribution >= 4 is 11.9 Å². The van der Waals surface area contributed by atoms with Gasteiger partial charge in [0.2, 0.25) is 5.91 Å². The summed E-state index contributed by atoms with van der Waals surface area (Å²) in [4.78, 5) is 23.8. The zero-order valence-corrected chi connectivity index (χ0v) is 21.4. The average Bonchev–Trinajstić information content (AvgIpc) is 2.86. The molecule has 1 amide bonds. The van der Waals surface area contributed by atoms with Crippen LogP contribution in [0.3, 0.4) is 0 Å². The van der Waals surface area contributed by atoms with E-state index >= 15 is 0 Å². The maximum Gasteiger partial charge on any atom is 0.331 e. The molecule has 0 bridgehead atoms. The molecule has 2 aliphatic rings. The van der Waals surface area contributed by atoms with Gasteiger partial charge in [0.15, 0.2) is 0 Å². The third-order valence-corrected chi connectivity index (χ3v) is 7.20. The Labute approximate surface area is 209 Å². The van der Waals surface area contributed by atoms with Gasteiger partial charge in [-0.05, 0) is 61.8 Å². The second-order valence-electron chi connectivity index (χ2n) is 9.91. The van der Waals surface area contributed by atoms with Crippen molar-refractivity contribution in [2.45, 2.75) is 103 Å². The Morgan fingerprint density at radius 3 is 2.37 bits per heavy atom. The lowest BCUT2D eigenvalue weighted by molar-refractivity contribution is -0.133. The maximum absolute atomic E-state index is 12.0. The Morgan fingerprint density at radius 1 is 1.09 bits per heavy atom. The smallest absolute Gasteiger partial charge is 0.331 e. The van der Waals surface area contributed by atoms with Crippen LogP contribution >= 0.6 is 0 Å². The van der Waals surface area contributed by atoms with Gasteiger partial charge in [0.1, 0.15) is 5.75 Å². The summed E-state index contributed by atoms with van der Waals surface area (Å²) in [6.45, 7) is 6.90. The van der Waals surface area contributed by atoms with Crippen LogP contribution in [-0.2, 0) is 20.9 Å². The van der Waals surface area contributed by atoms with Crippen molar-refractivity contribution in [2.75, 3.05) is 6.61 Å². The molecule has 0 heterocycles. The molecule has 1 fully saturated rings. The number of carboxylic acid groups (broad SMARTS) is 1. The Balaban J connectivity index is 1.64. The Morgan fingerprint density at radius 2 is 1.77 bits per heavy atom. The van der Waals surface area contributed by atoms with E-state index in [4.69, 9.17) is 9.47 Å². The average molecular weight is 487 g/mol. The molecule has 3 atom stereocenters. The molecular formula is C28H42N2O5. The van der Waals surface area contributed by atoms with E-state index in [1.54, 1.807) is 6.08 Å². The Hall–Kier alpha value is -2.38. The molecule has 2 aliphatic carbocycles. The van der Waals surface area contributed by atoms with Crippen molar-refractivity contribution < 1.29 is 24.2 Å². The highest BCUT2D eigenvalue weighted by Gasteiger charge is 2.37. The molecule has 1 saturated carbocycles. The molecular weight excluding hydrogens is 444 g/mol. The summed E-state index contributed by atoms with van der Waals surface area (Å²) >= 11 is 0. The molecule has 7 nitrogen and oxygen atoms in total. The lowest BCUT2D eigenvalue weighted by Crippen LogP contribution is -2.58. The normalized spacial score (nSPS) is 23.1. The highest BCUT2D eigenvalue weighted by atomic mass is 16.5. The molecule has 0 unspecified atom stereocenters. The van der Waals surface area contributed by atoms with Crippen LogP contribution in [0.2, 0.25) is 0 Å². The molecule has 0 aliphatic heterocycles. The van der Waals surface area contributed by atoms with E-state index in [1.807, 2.05) is 38.1 Å². The third kappa shape index (κ3) is 8.36. The summed E-state index contributed by atoms with van der Waals surface area (Å²) in [5.74, 6) is 0.430. The minimum atomic E-state index is -0.948. The van der Waals surface area contributed by atoms with Gasteiger partial charge >= 0.3 is 5.97 Å². The molecule has 3 N–H and O–H groups in total. The standard InChI is InChI=1S/C28H42N2O5/c1-4-23(5-2)35-26-16-22(28(32)33)15-25(27(26)30-19(3)31)29-17-20-11-13-24(14-12-20)34-18-21-9-7-6-8-10-21/h11-14,16,21,23,25-27,29H,4-10,15,17-18H2,1-3H3,(H,30,31)(H,32,33)/t25-,26+,27+/m0/s1. The quantitative estimate of drug-likeness (QED) is 0.400. The van der Waals surface area contributed by atoms with Gasteiger partial charge in [-0.2, -0.15) is 0 Å². The fraction of sp³-hybridized carbons (Fsp3) is 0.643. The van der Waals surface area contributed by atoms with E-state index in [9.17, 15) is 14.7 Å². The van der Waals surface area contributed by atoms with Crippen LogP contribution in [0.5, 0.6) is 5.75 Å². The zero-order chi connectivity index (χ0) is 25.2. The van der Waals surface area contributed by atoms with Gasteiger partial charge in [-0.15, -0.1) is 0 Å². The second-order valence-corrected chi connectivity index (χ2v) is 9.91. The monoisotopic (exact) mass is 486 g/mol. The van der Waals surface area contributed by atoms with Crippen LogP contribution in [-0.4, -0.2) is 47.9 Å². The second kappa shape index (κ2) is 13.6. The van der Waals surface area contributed by atoms with Gasteiger partial charge in [-0.3, -0.25) is 4.79 Å². The molecule has 7 heteroatoms. The Kier molecular flexibility index (Phi) is 10.6. The Bertz CT molecular complexity index is 843. The highest BCUT2D eigenvalue weighted by molar-refractivity contribution is 5.87. The molecule has 1 aromatic rings. The van der Waals surface area contributed by atoms with Crippen LogP contribution in [0.15, 0.2) is 35.9 Å². The van der Waals surface area contributed by atoms with E-state index in [1.165, 1.54) is 39.0 Å². The summed E-state index contributed by atoms with van der Waals surface area (Å²) in [7, 11) is 0. The molecule has 1 aromatic carbocycles. The van der Waals surface area contributed by atoms with E-state index < -0.39 is 12.1 Å². The van der Waals surface area contributed by atoms with Gasteiger partial charge in [-0.1, -0.05) is 45.2 Å². The highest BCUT2D eigenvalue weighted by Crippen LogP contribution is 2.26. The molecule has 35 heavy (non-hydrogen) atoms. The maximum atomic E-state index is 12.0. The van der Waals surface area contributed by atoms with Crippen LogP contribution < -0.4 is 15.4 Å². The zero-order valence-electron chi connectivity index (χ0n) is 21.4. The van der Waals surface area contributed by atoms with Crippen molar-refractivity contribution in [3.8, 4) is 5.75 Å². The minimum Gasteiger partial charge on any atom is -0.493 e. The minimum absolute atomic E-state index is 0.00228.